The van der Waals surface area contributed by atoms with E-state index in [1.165, 1.54) is 53.1 Å². The standard InChI is InChI=1S/C32H34F3N3O5S/c1-19-22(13-9-15-25(19)39)28(41)37-24(16-20-10-5-4-6-11-20)26(40)30(43)38-18-44-31(2,3)27(38)29(42)36-17-21-12-7-8-14-23(21)32(33,34)35/h4-15,24,26-27,39-40H,16-18H2,1-3H3,(H,36,42)(H,37,41)/t24-,26-,27+/m0/s1. The molecule has 3 aromatic rings. The van der Waals surface area contributed by atoms with Gasteiger partial charge in [-0.3, -0.25) is 14.4 Å². The Morgan fingerprint density at radius 2 is 1.68 bits per heavy atom. The number of amides is 3. The molecule has 234 valence electrons. The molecule has 0 radical (unpaired) electrons. The summed E-state index contributed by atoms with van der Waals surface area (Å²) in [5.74, 6) is -2.14. The van der Waals surface area contributed by atoms with Crippen LogP contribution in [0.1, 0.15) is 46.5 Å². The summed E-state index contributed by atoms with van der Waals surface area (Å²) in [6.07, 6.45) is -6.30. The molecule has 0 saturated carbocycles. The van der Waals surface area contributed by atoms with Gasteiger partial charge in [0.2, 0.25) is 5.91 Å². The fourth-order valence-corrected chi connectivity index (χ4v) is 6.35. The molecule has 1 aliphatic rings. The first kappa shape index (κ1) is 32.9. The Bertz CT molecular complexity index is 1520. The number of halogens is 3. The fourth-order valence-electron chi connectivity index (χ4n) is 5.21. The number of phenols is 1. The molecule has 3 aromatic carbocycles. The van der Waals surface area contributed by atoms with Crippen LogP contribution in [0.15, 0.2) is 72.8 Å². The minimum Gasteiger partial charge on any atom is -0.508 e. The van der Waals surface area contributed by atoms with Gasteiger partial charge in [-0.25, -0.2) is 0 Å². The molecule has 1 heterocycles. The number of hydrogen-bond acceptors (Lipinski definition) is 6. The van der Waals surface area contributed by atoms with Gasteiger partial charge in [-0.1, -0.05) is 54.6 Å². The van der Waals surface area contributed by atoms with E-state index < -0.39 is 58.9 Å². The predicted molar refractivity (Wildman–Crippen MR) is 161 cm³/mol. The number of nitrogens with zero attached hydrogens (tertiary/aromatic N) is 1. The Balaban J connectivity index is 1.56. The second-order valence-electron chi connectivity index (χ2n) is 11.1. The molecular formula is C32H34F3N3O5S. The zero-order valence-corrected chi connectivity index (χ0v) is 25.2. The van der Waals surface area contributed by atoms with Gasteiger partial charge in [0.1, 0.15) is 11.8 Å². The summed E-state index contributed by atoms with van der Waals surface area (Å²) in [4.78, 5) is 41.7. The average molecular weight is 630 g/mol. The van der Waals surface area contributed by atoms with Crippen molar-refractivity contribution < 1.29 is 37.8 Å². The Kier molecular flexibility index (Phi) is 9.94. The summed E-state index contributed by atoms with van der Waals surface area (Å²) in [5, 5.41) is 26.7. The van der Waals surface area contributed by atoms with Crippen LogP contribution in [-0.4, -0.2) is 61.6 Å². The van der Waals surface area contributed by atoms with Crippen LogP contribution in [0.2, 0.25) is 0 Å². The molecule has 44 heavy (non-hydrogen) atoms. The van der Waals surface area contributed by atoms with Crippen molar-refractivity contribution in [1.82, 2.24) is 15.5 Å². The number of aromatic hydroxyl groups is 1. The van der Waals surface area contributed by atoms with Crippen molar-refractivity contribution in [2.24, 2.45) is 0 Å². The lowest BCUT2D eigenvalue weighted by atomic mass is 9.96. The molecule has 3 atom stereocenters. The third-order valence-corrected chi connectivity index (χ3v) is 9.03. The summed E-state index contributed by atoms with van der Waals surface area (Å²) in [6, 6.07) is 16.0. The van der Waals surface area contributed by atoms with E-state index >= 15 is 0 Å². The van der Waals surface area contributed by atoms with Crippen molar-refractivity contribution in [2.45, 2.75) is 62.8 Å². The van der Waals surface area contributed by atoms with Crippen LogP contribution in [-0.2, 0) is 28.7 Å². The molecule has 4 N–H and O–H groups in total. The normalized spacial score (nSPS) is 17.5. The van der Waals surface area contributed by atoms with Gasteiger partial charge in [-0.15, -0.1) is 11.8 Å². The van der Waals surface area contributed by atoms with Gasteiger partial charge in [-0.2, -0.15) is 13.2 Å². The zero-order valence-electron chi connectivity index (χ0n) is 24.4. The summed E-state index contributed by atoms with van der Waals surface area (Å²) >= 11 is 1.29. The van der Waals surface area contributed by atoms with Crippen molar-refractivity contribution in [1.29, 1.82) is 0 Å². The zero-order chi connectivity index (χ0) is 32.2. The average Bonchev–Trinajstić information content (AvgIpc) is 3.31. The van der Waals surface area contributed by atoms with Crippen LogP contribution >= 0.6 is 11.8 Å². The van der Waals surface area contributed by atoms with Crippen LogP contribution < -0.4 is 10.6 Å². The smallest absolute Gasteiger partial charge is 0.416 e. The summed E-state index contributed by atoms with van der Waals surface area (Å²) < 4.78 is 39.6. The van der Waals surface area contributed by atoms with Gasteiger partial charge in [0.15, 0.2) is 6.10 Å². The minimum atomic E-state index is -4.61. The molecule has 0 aliphatic carbocycles. The SMILES string of the molecule is Cc1c(O)cccc1C(=O)N[C@@H](Cc1ccccc1)[C@H](O)C(=O)N1CSC(C)(C)[C@H]1C(=O)NCc1ccccc1C(F)(F)F. The lowest BCUT2D eigenvalue weighted by molar-refractivity contribution is -0.147. The van der Waals surface area contributed by atoms with Crippen molar-refractivity contribution in [3.63, 3.8) is 0 Å². The number of rotatable bonds is 9. The van der Waals surface area contributed by atoms with Gasteiger partial charge in [-0.05, 0) is 56.5 Å². The highest BCUT2D eigenvalue weighted by Crippen LogP contribution is 2.40. The van der Waals surface area contributed by atoms with Crippen LogP contribution in [0.3, 0.4) is 0 Å². The Morgan fingerprint density at radius 3 is 2.36 bits per heavy atom. The van der Waals surface area contributed by atoms with Crippen molar-refractivity contribution in [3.8, 4) is 5.75 Å². The highest BCUT2D eigenvalue weighted by molar-refractivity contribution is 8.00. The van der Waals surface area contributed by atoms with E-state index in [2.05, 4.69) is 10.6 Å². The number of benzene rings is 3. The van der Waals surface area contributed by atoms with E-state index in [4.69, 9.17) is 0 Å². The molecular weight excluding hydrogens is 595 g/mol. The maximum absolute atomic E-state index is 13.8. The number of aliphatic hydroxyl groups is 1. The van der Waals surface area contributed by atoms with Gasteiger partial charge in [0, 0.05) is 22.4 Å². The molecule has 0 unspecified atom stereocenters. The number of phenolic OH excluding ortho intramolecular Hbond substituents is 1. The minimum absolute atomic E-state index is 0.0395. The van der Waals surface area contributed by atoms with Crippen molar-refractivity contribution in [2.75, 3.05) is 5.88 Å². The first-order valence-corrected chi connectivity index (χ1v) is 14.9. The maximum Gasteiger partial charge on any atom is 0.416 e. The Morgan fingerprint density at radius 1 is 1.02 bits per heavy atom. The first-order valence-electron chi connectivity index (χ1n) is 13.9. The van der Waals surface area contributed by atoms with Crippen LogP contribution in [0.4, 0.5) is 13.2 Å². The maximum atomic E-state index is 13.8. The van der Waals surface area contributed by atoms with E-state index in [9.17, 15) is 37.8 Å². The number of carbonyl (C=O) groups is 3. The second-order valence-corrected chi connectivity index (χ2v) is 12.7. The number of alkyl halides is 3. The second kappa shape index (κ2) is 13.3. The monoisotopic (exact) mass is 629 g/mol. The highest BCUT2D eigenvalue weighted by Gasteiger charge is 2.50. The lowest BCUT2D eigenvalue weighted by Gasteiger charge is -2.33. The summed E-state index contributed by atoms with van der Waals surface area (Å²) in [5.41, 5.74) is 0.224. The third kappa shape index (κ3) is 7.36. The van der Waals surface area contributed by atoms with Gasteiger partial charge >= 0.3 is 6.18 Å². The molecule has 1 fully saturated rings. The van der Waals surface area contributed by atoms with Gasteiger partial charge < -0.3 is 25.7 Å². The van der Waals surface area contributed by atoms with Crippen LogP contribution in [0.5, 0.6) is 5.75 Å². The number of thioether (sulfide) groups is 1. The summed E-state index contributed by atoms with van der Waals surface area (Å²) in [7, 11) is 0. The molecule has 4 rings (SSSR count). The molecule has 1 aliphatic heterocycles. The van der Waals surface area contributed by atoms with E-state index in [0.29, 0.717) is 5.56 Å². The number of nitrogens with one attached hydrogen (secondary N) is 2. The van der Waals surface area contributed by atoms with Crippen molar-refractivity contribution >= 4 is 29.5 Å². The topological polar surface area (TPSA) is 119 Å². The molecule has 1 saturated heterocycles. The molecule has 8 nitrogen and oxygen atoms in total. The lowest BCUT2D eigenvalue weighted by Crippen LogP contribution is -2.58. The first-order chi connectivity index (χ1) is 20.7. The van der Waals surface area contributed by atoms with Crippen molar-refractivity contribution in [3.05, 3.63) is 101 Å². The molecule has 0 spiro atoms. The van der Waals surface area contributed by atoms with E-state index in [1.54, 1.807) is 51.1 Å². The van der Waals surface area contributed by atoms with Crippen LogP contribution in [0, 0.1) is 6.92 Å². The van der Waals surface area contributed by atoms with Crippen LogP contribution in [0.25, 0.3) is 0 Å². The van der Waals surface area contributed by atoms with E-state index in [-0.39, 0.29) is 29.2 Å². The molecule has 3 amide bonds. The summed E-state index contributed by atoms with van der Waals surface area (Å²) in [6.45, 7) is 4.63. The predicted octanol–water partition coefficient (Wildman–Crippen LogP) is 4.42. The van der Waals surface area contributed by atoms with E-state index in [0.717, 1.165) is 11.6 Å². The number of carbonyl (C=O) groups excluding carboxylic acids is 3. The van der Waals surface area contributed by atoms with Gasteiger partial charge in [0.25, 0.3) is 11.8 Å². The van der Waals surface area contributed by atoms with Gasteiger partial charge in [0.05, 0.1) is 17.5 Å². The molecule has 0 aromatic heterocycles. The fraction of sp³-hybridized carbons (Fsp3) is 0.344. The molecule has 0 bridgehead atoms. The number of aliphatic hydroxyl groups excluding tert-OH is 1. The highest BCUT2D eigenvalue weighted by atomic mass is 32.2. The number of hydrogen-bond donors (Lipinski definition) is 4. The largest absolute Gasteiger partial charge is 0.508 e. The third-order valence-electron chi connectivity index (χ3n) is 7.65. The quantitative estimate of drug-likeness (QED) is 0.279. The molecule has 12 heteroatoms. The Labute approximate surface area is 257 Å². The van der Waals surface area contributed by atoms with E-state index in [1.807, 2.05) is 0 Å². The Hall–Kier alpha value is -4.03.